The molecule has 106 valence electrons. The summed E-state index contributed by atoms with van der Waals surface area (Å²) in [6.07, 6.45) is 3.25. The molecule has 0 heterocycles. The molecule has 0 unspecified atom stereocenters. The van der Waals surface area contributed by atoms with E-state index in [9.17, 15) is 9.59 Å². The molecule has 2 N–H and O–H groups in total. The molecule has 0 saturated heterocycles. The Kier molecular flexibility index (Phi) is 4.88. The van der Waals surface area contributed by atoms with Crippen molar-refractivity contribution in [1.29, 1.82) is 0 Å². The van der Waals surface area contributed by atoms with Gasteiger partial charge in [-0.15, -0.1) is 0 Å². The summed E-state index contributed by atoms with van der Waals surface area (Å²) < 4.78 is 5.17. The van der Waals surface area contributed by atoms with Gasteiger partial charge >= 0.3 is 0 Å². The van der Waals surface area contributed by atoms with Crippen LogP contribution in [-0.4, -0.2) is 18.3 Å². The number of hydrogen-bond donors (Lipinski definition) is 1. The molecular weight excluding hydrogens is 266 g/mol. The van der Waals surface area contributed by atoms with E-state index in [1.807, 2.05) is 30.3 Å². The average Bonchev–Trinajstić information content (AvgIpc) is 2.52. The van der Waals surface area contributed by atoms with Gasteiger partial charge in [-0.2, -0.15) is 0 Å². The van der Waals surface area contributed by atoms with Crippen molar-refractivity contribution in [2.45, 2.75) is 0 Å². The Morgan fingerprint density at radius 2 is 1.81 bits per heavy atom. The minimum Gasteiger partial charge on any atom is -0.484 e. The Labute approximate surface area is 122 Å². The third kappa shape index (κ3) is 4.62. The minimum absolute atomic E-state index is 0.136. The molecule has 4 heteroatoms. The smallest absolute Gasteiger partial charge is 0.255 e. The van der Waals surface area contributed by atoms with Crippen molar-refractivity contribution in [3.63, 3.8) is 0 Å². The number of carbonyl (C=O) groups excluding carboxylic acids is 2. The van der Waals surface area contributed by atoms with Crippen LogP contribution < -0.4 is 10.5 Å². The number of allylic oxidation sites excluding steroid dienone is 1. The van der Waals surface area contributed by atoms with Gasteiger partial charge in [-0.05, 0) is 23.8 Å². The van der Waals surface area contributed by atoms with E-state index in [1.54, 1.807) is 30.3 Å². The van der Waals surface area contributed by atoms with E-state index in [4.69, 9.17) is 10.5 Å². The van der Waals surface area contributed by atoms with Gasteiger partial charge in [-0.3, -0.25) is 9.59 Å². The molecule has 0 radical (unpaired) electrons. The lowest BCUT2D eigenvalue weighted by atomic mass is 10.1. The van der Waals surface area contributed by atoms with Crippen molar-refractivity contribution in [3.05, 3.63) is 71.8 Å². The molecule has 0 aliphatic heterocycles. The van der Waals surface area contributed by atoms with Crippen LogP contribution in [0.15, 0.2) is 60.7 Å². The van der Waals surface area contributed by atoms with Gasteiger partial charge in [-0.1, -0.05) is 48.5 Å². The topological polar surface area (TPSA) is 69.4 Å². The van der Waals surface area contributed by atoms with E-state index >= 15 is 0 Å². The predicted octanol–water partition coefficient (Wildman–Crippen LogP) is 2.45. The summed E-state index contributed by atoms with van der Waals surface area (Å²) in [7, 11) is 0. The molecule has 0 aliphatic carbocycles. The van der Waals surface area contributed by atoms with Crippen LogP contribution in [0.1, 0.15) is 15.9 Å². The minimum atomic E-state index is -0.560. The van der Waals surface area contributed by atoms with Gasteiger partial charge in [0, 0.05) is 5.56 Å². The van der Waals surface area contributed by atoms with Crippen LogP contribution in [0, 0.1) is 0 Å². The first-order valence-electron chi connectivity index (χ1n) is 6.44. The van der Waals surface area contributed by atoms with Crippen LogP contribution in [0.2, 0.25) is 0 Å². The number of ether oxygens (including phenoxy) is 1. The normalized spacial score (nSPS) is 10.5. The molecule has 0 aliphatic rings. The van der Waals surface area contributed by atoms with Gasteiger partial charge in [-0.25, -0.2) is 0 Å². The second-order valence-electron chi connectivity index (χ2n) is 4.39. The number of carbonyl (C=O) groups is 2. The fourth-order valence-corrected chi connectivity index (χ4v) is 1.73. The second-order valence-corrected chi connectivity index (χ2v) is 4.39. The van der Waals surface area contributed by atoms with E-state index in [1.165, 1.54) is 6.08 Å². The van der Waals surface area contributed by atoms with Gasteiger partial charge in [0.15, 0.2) is 12.4 Å². The van der Waals surface area contributed by atoms with Crippen molar-refractivity contribution >= 4 is 17.8 Å². The summed E-state index contributed by atoms with van der Waals surface area (Å²) in [5, 5.41) is 0. The summed E-state index contributed by atoms with van der Waals surface area (Å²) in [5.41, 5.74) is 6.45. The quantitative estimate of drug-likeness (QED) is 0.653. The number of nitrogens with two attached hydrogens (primary N) is 1. The zero-order chi connectivity index (χ0) is 15.1. The molecule has 0 atom stereocenters. The molecule has 0 saturated carbocycles. The SMILES string of the molecule is NC(=O)COc1cccc(C(=O)/C=C/c2ccccc2)c1. The lowest BCUT2D eigenvalue weighted by Crippen LogP contribution is -2.20. The largest absolute Gasteiger partial charge is 0.484 e. The zero-order valence-corrected chi connectivity index (χ0v) is 11.4. The van der Waals surface area contributed by atoms with Gasteiger partial charge in [0.2, 0.25) is 0 Å². The molecule has 0 aromatic heterocycles. The number of benzene rings is 2. The number of primary amides is 1. The van der Waals surface area contributed by atoms with E-state index in [-0.39, 0.29) is 12.4 Å². The lowest BCUT2D eigenvalue weighted by molar-refractivity contribution is -0.119. The maximum atomic E-state index is 12.1. The van der Waals surface area contributed by atoms with Gasteiger partial charge in [0.1, 0.15) is 5.75 Å². The molecule has 1 amide bonds. The molecule has 2 aromatic carbocycles. The second kappa shape index (κ2) is 7.05. The standard InChI is InChI=1S/C17H15NO3/c18-17(20)12-21-15-8-4-7-14(11-15)16(19)10-9-13-5-2-1-3-6-13/h1-11H,12H2,(H2,18,20)/b10-9+. The Hall–Kier alpha value is -2.88. The monoisotopic (exact) mass is 281 g/mol. The average molecular weight is 281 g/mol. The number of ketones is 1. The number of hydrogen-bond acceptors (Lipinski definition) is 3. The predicted molar refractivity (Wildman–Crippen MR) is 80.9 cm³/mol. The van der Waals surface area contributed by atoms with Crippen LogP contribution in [-0.2, 0) is 4.79 Å². The highest BCUT2D eigenvalue weighted by Gasteiger charge is 2.04. The van der Waals surface area contributed by atoms with Crippen molar-refractivity contribution in [2.75, 3.05) is 6.61 Å². The summed E-state index contributed by atoms with van der Waals surface area (Å²) in [5.74, 6) is -0.258. The highest BCUT2D eigenvalue weighted by Crippen LogP contribution is 2.14. The zero-order valence-electron chi connectivity index (χ0n) is 11.4. The summed E-state index contributed by atoms with van der Waals surface area (Å²) in [6, 6.07) is 16.2. The van der Waals surface area contributed by atoms with E-state index < -0.39 is 5.91 Å². The summed E-state index contributed by atoms with van der Waals surface area (Å²) >= 11 is 0. The molecule has 21 heavy (non-hydrogen) atoms. The van der Waals surface area contributed by atoms with Gasteiger partial charge in [0.05, 0.1) is 0 Å². The first kappa shape index (κ1) is 14.5. The maximum absolute atomic E-state index is 12.1. The Balaban J connectivity index is 2.07. The fourth-order valence-electron chi connectivity index (χ4n) is 1.73. The highest BCUT2D eigenvalue weighted by molar-refractivity contribution is 6.07. The van der Waals surface area contributed by atoms with Crippen LogP contribution >= 0.6 is 0 Å². The van der Waals surface area contributed by atoms with Crippen molar-refractivity contribution < 1.29 is 14.3 Å². The molecule has 0 bridgehead atoms. The Morgan fingerprint density at radius 3 is 2.52 bits per heavy atom. The number of amides is 1. The molecular formula is C17H15NO3. The number of rotatable bonds is 6. The first-order valence-corrected chi connectivity index (χ1v) is 6.44. The maximum Gasteiger partial charge on any atom is 0.255 e. The Morgan fingerprint density at radius 1 is 1.05 bits per heavy atom. The van der Waals surface area contributed by atoms with Crippen LogP contribution in [0.25, 0.3) is 6.08 Å². The molecule has 0 fully saturated rings. The summed E-state index contributed by atoms with van der Waals surface area (Å²) in [6.45, 7) is -0.211. The van der Waals surface area contributed by atoms with E-state index in [0.717, 1.165) is 5.56 Å². The highest BCUT2D eigenvalue weighted by atomic mass is 16.5. The molecule has 2 aromatic rings. The van der Waals surface area contributed by atoms with Crippen LogP contribution in [0.4, 0.5) is 0 Å². The van der Waals surface area contributed by atoms with Crippen molar-refractivity contribution in [2.24, 2.45) is 5.73 Å². The van der Waals surface area contributed by atoms with Crippen molar-refractivity contribution in [1.82, 2.24) is 0 Å². The third-order valence-electron chi connectivity index (χ3n) is 2.73. The third-order valence-corrected chi connectivity index (χ3v) is 2.73. The van der Waals surface area contributed by atoms with Crippen LogP contribution in [0.5, 0.6) is 5.75 Å². The Bertz CT molecular complexity index is 663. The lowest BCUT2D eigenvalue weighted by Gasteiger charge is -2.04. The van der Waals surface area contributed by atoms with Gasteiger partial charge in [0.25, 0.3) is 5.91 Å². The van der Waals surface area contributed by atoms with E-state index in [2.05, 4.69) is 0 Å². The van der Waals surface area contributed by atoms with Crippen molar-refractivity contribution in [3.8, 4) is 5.75 Å². The van der Waals surface area contributed by atoms with Gasteiger partial charge < -0.3 is 10.5 Å². The summed E-state index contributed by atoms with van der Waals surface area (Å²) in [4.78, 5) is 22.7. The molecule has 4 nitrogen and oxygen atoms in total. The van der Waals surface area contributed by atoms with E-state index in [0.29, 0.717) is 11.3 Å². The fraction of sp³-hybridized carbons (Fsp3) is 0.0588. The van der Waals surface area contributed by atoms with Crippen LogP contribution in [0.3, 0.4) is 0 Å². The first-order chi connectivity index (χ1) is 10.1. The molecule has 0 spiro atoms. The molecule has 2 rings (SSSR count).